The molecule has 1 heterocycles. The van der Waals surface area contributed by atoms with Gasteiger partial charge in [-0.1, -0.05) is 42.5 Å². The van der Waals surface area contributed by atoms with E-state index in [-0.39, 0.29) is 12.5 Å². The van der Waals surface area contributed by atoms with Crippen LogP contribution in [0.3, 0.4) is 0 Å². The summed E-state index contributed by atoms with van der Waals surface area (Å²) in [5, 5.41) is 3.41. The van der Waals surface area contributed by atoms with Crippen molar-refractivity contribution in [3.05, 3.63) is 71.2 Å². The van der Waals surface area contributed by atoms with Crippen molar-refractivity contribution in [3.8, 4) is 0 Å². The van der Waals surface area contributed by atoms with Crippen LogP contribution in [0, 0.1) is 0 Å². The van der Waals surface area contributed by atoms with Crippen LogP contribution < -0.4 is 5.32 Å². The van der Waals surface area contributed by atoms with Crippen LogP contribution in [0.1, 0.15) is 10.6 Å². The molecule has 25 heavy (non-hydrogen) atoms. The molecule has 0 aliphatic rings. The molecule has 0 saturated carbocycles. The number of thiazole rings is 1. The highest BCUT2D eigenvalue weighted by molar-refractivity contribution is 7.19. The maximum Gasteiger partial charge on any atom is 0.331 e. The van der Waals surface area contributed by atoms with E-state index in [0.29, 0.717) is 11.6 Å². The fourth-order valence-corrected chi connectivity index (χ4v) is 3.00. The number of carbonyl (C=O) groups excluding carboxylic acids is 2. The smallest absolute Gasteiger partial charge is 0.331 e. The molecule has 0 spiro atoms. The van der Waals surface area contributed by atoms with Crippen molar-refractivity contribution < 1.29 is 14.3 Å². The molecule has 3 rings (SSSR count). The first-order valence-electron chi connectivity index (χ1n) is 7.72. The summed E-state index contributed by atoms with van der Waals surface area (Å²) in [4.78, 5) is 27.8. The lowest BCUT2D eigenvalue weighted by Crippen LogP contribution is -2.28. The molecule has 0 aliphatic carbocycles. The quantitative estimate of drug-likeness (QED) is 0.546. The van der Waals surface area contributed by atoms with Crippen LogP contribution >= 0.6 is 11.3 Å². The monoisotopic (exact) mass is 352 g/mol. The fraction of sp³-hybridized carbons (Fsp3) is 0.105. The summed E-state index contributed by atoms with van der Waals surface area (Å²) in [5.74, 6) is -0.917. The van der Waals surface area contributed by atoms with Gasteiger partial charge in [-0.25, -0.2) is 9.78 Å². The maximum absolute atomic E-state index is 11.7. The van der Waals surface area contributed by atoms with Crippen molar-refractivity contribution in [2.75, 3.05) is 6.61 Å². The van der Waals surface area contributed by atoms with Gasteiger partial charge in [0.1, 0.15) is 5.01 Å². The predicted octanol–water partition coefficient (Wildman–Crippen LogP) is 3.17. The zero-order valence-electron chi connectivity index (χ0n) is 13.3. The van der Waals surface area contributed by atoms with Gasteiger partial charge in [-0.05, 0) is 23.8 Å². The van der Waals surface area contributed by atoms with E-state index in [0.717, 1.165) is 15.8 Å². The van der Waals surface area contributed by atoms with E-state index in [1.165, 1.54) is 17.4 Å². The molecule has 0 atom stereocenters. The third kappa shape index (κ3) is 4.99. The second-order valence-corrected chi connectivity index (χ2v) is 6.29. The Labute approximate surface area is 149 Å². The lowest BCUT2D eigenvalue weighted by Gasteiger charge is -2.05. The Morgan fingerprint density at radius 1 is 1.08 bits per heavy atom. The first-order valence-corrected chi connectivity index (χ1v) is 8.53. The second kappa shape index (κ2) is 8.21. The fourth-order valence-electron chi connectivity index (χ4n) is 2.13. The van der Waals surface area contributed by atoms with E-state index in [2.05, 4.69) is 10.3 Å². The molecule has 0 unspecified atom stereocenters. The van der Waals surface area contributed by atoms with Crippen LogP contribution in [0.5, 0.6) is 0 Å². The lowest BCUT2D eigenvalue weighted by atomic mass is 10.2. The highest BCUT2D eigenvalue weighted by Gasteiger charge is 2.06. The summed E-state index contributed by atoms with van der Waals surface area (Å²) in [6.07, 6.45) is 2.87. The van der Waals surface area contributed by atoms with E-state index in [4.69, 9.17) is 4.74 Å². The van der Waals surface area contributed by atoms with Gasteiger partial charge in [-0.15, -0.1) is 11.3 Å². The molecule has 0 fully saturated rings. The zero-order valence-corrected chi connectivity index (χ0v) is 14.2. The van der Waals surface area contributed by atoms with Gasteiger partial charge in [0.15, 0.2) is 6.61 Å². The summed E-state index contributed by atoms with van der Waals surface area (Å²) in [6.45, 7) is 0.0919. The lowest BCUT2D eigenvalue weighted by molar-refractivity contribution is -0.143. The average Bonchev–Trinajstić information content (AvgIpc) is 3.07. The minimum Gasteiger partial charge on any atom is -0.452 e. The molecule has 1 N–H and O–H groups in total. The van der Waals surface area contributed by atoms with Crippen LogP contribution in [0.25, 0.3) is 16.3 Å². The number of para-hydroxylation sites is 1. The van der Waals surface area contributed by atoms with Crippen LogP contribution in [-0.2, 0) is 20.9 Å². The van der Waals surface area contributed by atoms with Gasteiger partial charge >= 0.3 is 5.97 Å². The number of amides is 1. The molecular formula is C19H16N2O3S. The molecule has 2 aromatic carbocycles. The highest BCUT2D eigenvalue weighted by Crippen LogP contribution is 2.22. The first-order chi connectivity index (χ1) is 12.2. The van der Waals surface area contributed by atoms with Crippen LogP contribution in [-0.4, -0.2) is 23.5 Å². The van der Waals surface area contributed by atoms with E-state index in [9.17, 15) is 9.59 Å². The number of ether oxygens (including phenoxy) is 1. The van der Waals surface area contributed by atoms with E-state index in [1.807, 2.05) is 54.6 Å². The Kier molecular flexibility index (Phi) is 5.53. The van der Waals surface area contributed by atoms with Crippen molar-refractivity contribution in [1.29, 1.82) is 0 Å². The number of esters is 1. The molecule has 126 valence electrons. The third-order valence-corrected chi connectivity index (χ3v) is 4.35. The number of nitrogens with zero attached hydrogens (tertiary/aromatic N) is 1. The number of benzene rings is 2. The number of nitrogens with one attached hydrogen (secondary N) is 1. The molecule has 1 aromatic heterocycles. The number of hydrogen-bond donors (Lipinski definition) is 1. The summed E-state index contributed by atoms with van der Waals surface area (Å²) in [7, 11) is 0. The summed E-state index contributed by atoms with van der Waals surface area (Å²) >= 11 is 1.48. The first kappa shape index (κ1) is 16.9. The van der Waals surface area contributed by atoms with Gasteiger partial charge in [-0.2, -0.15) is 0 Å². The van der Waals surface area contributed by atoms with Gasteiger partial charge in [0.2, 0.25) is 0 Å². The average molecular weight is 352 g/mol. The predicted molar refractivity (Wildman–Crippen MR) is 97.9 cm³/mol. The maximum atomic E-state index is 11.7. The minimum absolute atomic E-state index is 0.310. The van der Waals surface area contributed by atoms with Gasteiger partial charge < -0.3 is 10.1 Å². The van der Waals surface area contributed by atoms with Crippen molar-refractivity contribution in [2.45, 2.75) is 6.54 Å². The standard InChI is InChI=1S/C19H16N2O3S/c22-17(20-12-14-6-2-1-3-7-14)13-24-19(23)11-10-18-21-15-8-4-5-9-16(15)25-18/h1-11H,12-13H2,(H,20,22)/b11-10+. The van der Waals surface area contributed by atoms with E-state index in [1.54, 1.807) is 6.08 Å². The Morgan fingerprint density at radius 2 is 1.84 bits per heavy atom. The van der Waals surface area contributed by atoms with E-state index < -0.39 is 5.97 Å². The van der Waals surface area contributed by atoms with Gasteiger partial charge in [0.05, 0.1) is 10.2 Å². The Bertz CT molecular complexity index is 870. The summed E-state index contributed by atoms with van der Waals surface area (Å²) < 4.78 is 5.98. The Balaban J connectivity index is 1.45. The SMILES string of the molecule is O=C(COC(=O)/C=C/c1nc2ccccc2s1)NCc1ccccc1. The zero-order chi connectivity index (χ0) is 17.5. The van der Waals surface area contributed by atoms with Crippen LogP contribution in [0.2, 0.25) is 0 Å². The molecule has 3 aromatic rings. The molecule has 1 amide bonds. The Hall–Kier alpha value is -2.99. The normalized spacial score (nSPS) is 10.9. The van der Waals surface area contributed by atoms with Gasteiger partial charge in [0.25, 0.3) is 5.91 Å². The molecular weight excluding hydrogens is 336 g/mol. The van der Waals surface area contributed by atoms with Crippen molar-refractivity contribution in [3.63, 3.8) is 0 Å². The van der Waals surface area contributed by atoms with E-state index >= 15 is 0 Å². The number of fused-ring (bicyclic) bond motifs is 1. The van der Waals surface area contributed by atoms with Crippen molar-refractivity contribution in [2.24, 2.45) is 0 Å². The number of hydrogen-bond acceptors (Lipinski definition) is 5. The summed E-state index contributed by atoms with van der Waals surface area (Å²) in [5.41, 5.74) is 1.87. The molecule has 0 bridgehead atoms. The molecule has 6 heteroatoms. The van der Waals surface area contributed by atoms with Crippen molar-refractivity contribution >= 4 is 39.5 Å². The molecule has 5 nitrogen and oxygen atoms in total. The number of aromatic nitrogens is 1. The molecule has 0 saturated heterocycles. The number of rotatable bonds is 6. The Morgan fingerprint density at radius 3 is 2.64 bits per heavy atom. The minimum atomic E-state index is -0.575. The number of carbonyl (C=O) groups is 2. The summed E-state index contributed by atoms with van der Waals surface area (Å²) in [6, 6.07) is 17.3. The van der Waals surface area contributed by atoms with Gasteiger partial charge in [0, 0.05) is 12.6 Å². The van der Waals surface area contributed by atoms with Gasteiger partial charge in [-0.3, -0.25) is 4.79 Å². The largest absolute Gasteiger partial charge is 0.452 e. The third-order valence-electron chi connectivity index (χ3n) is 3.35. The topological polar surface area (TPSA) is 68.3 Å². The molecule has 0 aliphatic heterocycles. The molecule has 0 radical (unpaired) electrons. The van der Waals surface area contributed by atoms with Crippen molar-refractivity contribution in [1.82, 2.24) is 10.3 Å². The highest BCUT2D eigenvalue weighted by atomic mass is 32.1. The van der Waals surface area contributed by atoms with Crippen LogP contribution in [0.4, 0.5) is 0 Å². The second-order valence-electron chi connectivity index (χ2n) is 5.22. The van der Waals surface area contributed by atoms with Crippen LogP contribution in [0.15, 0.2) is 60.7 Å².